The minimum absolute atomic E-state index is 0.115. The molecular weight excluding hydrogens is 298 g/mol. The SMILES string of the molecule is CC(C)c1nnc(SCC(=O)N2CCc3ccccc3C2)o1. The molecule has 0 atom stereocenters. The number of hydrogen-bond acceptors (Lipinski definition) is 5. The number of carbonyl (C=O) groups is 1. The van der Waals surface area contributed by atoms with Crippen LogP contribution in [0.4, 0.5) is 0 Å². The maximum absolute atomic E-state index is 12.3. The van der Waals surface area contributed by atoms with Crippen LogP contribution in [0.3, 0.4) is 0 Å². The van der Waals surface area contributed by atoms with Gasteiger partial charge in [0.05, 0.1) is 5.75 Å². The van der Waals surface area contributed by atoms with E-state index in [-0.39, 0.29) is 11.8 Å². The predicted octanol–water partition coefficient (Wildman–Crippen LogP) is 2.87. The summed E-state index contributed by atoms with van der Waals surface area (Å²) in [4.78, 5) is 14.2. The van der Waals surface area contributed by atoms with Gasteiger partial charge >= 0.3 is 0 Å². The van der Waals surface area contributed by atoms with Crippen LogP contribution in [0.1, 0.15) is 36.8 Å². The first-order valence-corrected chi connectivity index (χ1v) is 8.43. The third kappa shape index (κ3) is 3.32. The Morgan fingerprint density at radius 2 is 2.09 bits per heavy atom. The van der Waals surface area contributed by atoms with Gasteiger partial charge < -0.3 is 9.32 Å². The molecule has 2 aromatic rings. The van der Waals surface area contributed by atoms with Crippen molar-refractivity contribution in [3.05, 3.63) is 41.3 Å². The molecule has 1 amide bonds. The molecular formula is C16H19N3O2S. The smallest absolute Gasteiger partial charge is 0.277 e. The van der Waals surface area contributed by atoms with Gasteiger partial charge in [-0.3, -0.25) is 4.79 Å². The summed E-state index contributed by atoms with van der Waals surface area (Å²) in [5, 5.41) is 8.41. The molecule has 2 heterocycles. The molecule has 0 fully saturated rings. The Morgan fingerprint density at radius 3 is 2.82 bits per heavy atom. The highest BCUT2D eigenvalue weighted by Gasteiger charge is 2.21. The lowest BCUT2D eigenvalue weighted by atomic mass is 10.00. The van der Waals surface area contributed by atoms with Crippen molar-refractivity contribution in [3.63, 3.8) is 0 Å². The first kappa shape index (κ1) is 15.1. The highest BCUT2D eigenvalue weighted by Crippen LogP contribution is 2.23. The molecule has 1 aliphatic rings. The Balaban J connectivity index is 1.56. The number of carbonyl (C=O) groups excluding carboxylic acids is 1. The van der Waals surface area contributed by atoms with Crippen molar-refractivity contribution in [1.82, 2.24) is 15.1 Å². The molecule has 0 aliphatic carbocycles. The fourth-order valence-electron chi connectivity index (χ4n) is 2.44. The second-order valence-corrected chi connectivity index (χ2v) is 6.61. The van der Waals surface area contributed by atoms with Gasteiger partial charge in [-0.05, 0) is 17.5 Å². The predicted molar refractivity (Wildman–Crippen MR) is 84.7 cm³/mol. The number of nitrogens with zero attached hydrogens (tertiary/aromatic N) is 3. The van der Waals surface area contributed by atoms with E-state index in [0.717, 1.165) is 13.0 Å². The molecule has 3 rings (SSSR count). The van der Waals surface area contributed by atoms with Gasteiger partial charge in [0.1, 0.15) is 0 Å². The van der Waals surface area contributed by atoms with Gasteiger partial charge in [-0.2, -0.15) is 0 Å². The number of aromatic nitrogens is 2. The van der Waals surface area contributed by atoms with Crippen LogP contribution in [0.25, 0.3) is 0 Å². The summed E-state index contributed by atoms with van der Waals surface area (Å²) in [7, 11) is 0. The molecule has 0 N–H and O–H groups in total. The van der Waals surface area contributed by atoms with Crippen molar-refractivity contribution in [1.29, 1.82) is 0 Å². The van der Waals surface area contributed by atoms with E-state index in [2.05, 4.69) is 22.3 Å². The van der Waals surface area contributed by atoms with Crippen LogP contribution in [0.5, 0.6) is 0 Å². The van der Waals surface area contributed by atoms with Crippen molar-refractivity contribution < 1.29 is 9.21 Å². The van der Waals surface area contributed by atoms with Crippen molar-refractivity contribution in [3.8, 4) is 0 Å². The number of rotatable bonds is 4. The number of fused-ring (bicyclic) bond motifs is 1. The van der Waals surface area contributed by atoms with E-state index in [4.69, 9.17) is 4.42 Å². The minimum atomic E-state index is 0.115. The summed E-state index contributed by atoms with van der Waals surface area (Å²) in [6.07, 6.45) is 0.921. The first-order chi connectivity index (χ1) is 10.6. The van der Waals surface area contributed by atoms with E-state index in [1.807, 2.05) is 30.9 Å². The molecule has 5 nitrogen and oxygen atoms in total. The monoisotopic (exact) mass is 317 g/mol. The Labute approximate surface area is 134 Å². The van der Waals surface area contributed by atoms with Crippen molar-refractivity contribution in [2.24, 2.45) is 0 Å². The average Bonchev–Trinajstić information content (AvgIpc) is 3.01. The van der Waals surface area contributed by atoms with E-state index in [9.17, 15) is 4.79 Å². The molecule has 0 bridgehead atoms. The summed E-state index contributed by atoms with van der Waals surface area (Å²) in [6, 6.07) is 8.30. The van der Waals surface area contributed by atoms with Gasteiger partial charge in [-0.25, -0.2) is 0 Å². The van der Waals surface area contributed by atoms with Crippen molar-refractivity contribution in [2.45, 2.75) is 38.0 Å². The zero-order chi connectivity index (χ0) is 15.5. The highest BCUT2D eigenvalue weighted by molar-refractivity contribution is 7.99. The molecule has 0 saturated carbocycles. The van der Waals surface area contributed by atoms with E-state index in [1.54, 1.807) is 0 Å². The molecule has 0 unspecified atom stereocenters. The topological polar surface area (TPSA) is 59.2 Å². The molecule has 1 aliphatic heterocycles. The van der Waals surface area contributed by atoms with Gasteiger partial charge in [0.25, 0.3) is 5.22 Å². The lowest BCUT2D eigenvalue weighted by Crippen LogP contribution is -2.37. The molecule has 116 valence electrons. The summed E-state index contributed by atoms with van der Waals surface area (Å²) < 4.78 is 5.51. The normalized spacial score (nSPS) is 14.2. The fourth-order valence-corrected chi connectivity index (χ4v) is 3.11. The second-order valence-electron chi connectivity index (χ2n) is 5.68. The maximum Gasteiger partial charge on any atom is 0.277 e. The van der Waals surface area contributed by atoms with E-state index in [1.165, 1.54) is 22.9 Å². The van der Waals surface area contributed by atoms with Crippen LogP contribution in [0, 0.1) is 0 Å². The van der Waals surface area contributed by atoms with Crippen molar-refractivity contribution in [2.75, 3.05) is 12.3 Å². The summed E-state index contributed by atoms with van der Waals surface area (Å²) in [5.74, 6) is 1.27. The van der Waals surface area contributed by atoms with Crippen LogP contribution < -0.4 is 0 Å². The third-order valence-corrected chi connectivity index (χ3v) is 4.52. The van der Waals surface area contributed by atoms with Gasteiger partial charge in [0.2, 0.25) is 11.8 Å². The Morgan fingerprint density at radius 1 is 1.32 bits per heavy atom. The van der Waals surface area contributed by atoms with Crippen LogP contribution >= 0.6 is 11.8 Å². The average molecular weight is 317 g/mol. The Hall–Kier alpha value is -1.82. The molecule has 0 radical (unpaired) electrons. The van der Waals surface area contributed by atoms with E-state index in [0.29, 0.717) is 23.4 Å². The number of amides is 1. The number of benzene rings is 1. The minimum Gasteiger partial charge on any atom is -0.416 e. The van der Waals surface area contributed by atoms with E-state index < -0.39 is 0 Å². The molecule has 6 heteroatoms. The lowest BCUT2D eigenvalue weighted by molar-refractivity contribution is -0.129. The number of hydrogen-bond donors (Lipinski definition) is 0. The fraction of sp³-hybridized carbons (Fsp3) is 0.438. The second kappa shape index (κ2) is 6.52. The maximum atomic E-state index is 12.3. The van der Waals surface area contributed by atoms with Crippen LogP contribution in [-0.4, -0.2) is 33.3 Å². The lowest BCUT2D eigenvalue weighted by Gasteiger charge is -2.28. The zero-order valence-electron chi connectivity index (χ0n) is 12.8. The van der Waals surface area contributed by atoms with E-state index >= 15 is 0 Å². The Bertz CT molecular complexity index is 669. The Kier molecular flexibility index (Phi) is 4.47. The van der Waals surface area contributed by atoms with Crippen LogP contribution in [0.15, 0.2) is 33.9 Å². The number of thioether (sulfide) groups is 1. The van der Waals surface area contributed by atoms with Gasteiger partial charge in [-0.1, -0.05) is 49.9 Å². The summed E-state index contributed by atoms with van der Waals surface area (Å²) in [5.41, 5.74) is 2.59. The molecule has 0 spiro atoms. The standard InChI is InChI=1S/C16H19N3O2S/c1-11(2)15-17-18-16(21-15)22-10-14(20)19-8-7-12-5-3-4-6-13(12)9-19/h3-6,11H,7-10H2,1-2H3. The first-order valence-electron chi connectivity index (χ1n) is 7.44. The van der Waals surface area contributed by atoms with Gasteiger partial charge in [-0.15, -0.1) is 10.2 Å². The van der Waals surface area contributed by atoms with Gasteiger partial charge in [0.15, 0.2) is 0 Å². The summed E-state index contributed by atoms with van der Waals surface area (Å²) in [6.45, 7) is 5.46. The third-order valence-electron chi connectivity index (χ3n) is 3.72. The molecule has 1 aromatic carbocycles. The largest absolute Gasteiger partial charge is 0.416 e. The quantitative estimate of drug-likeness (QED) is 0.812. The molecule has 0 saturated heterocycles. The molecule has 1 aromatic heterocycles. The van der Waals surface area contributed by atoms with Crippen molar-refractivity contribution >= 4 is 17.7 Å². The van der Waals surface area contributed by atoms with Gasteiger partial charge in [0, 0.05) is 19.0 Å². The zero-order valence-corrected chi connectivity index (χ0v) is 13.6. The molecule has 22 heavy (non-hydrogen) atoms. The van der Waals surface area contributed by atoms with Crippen LogP contribution in [0.2, 0.25) is 0 Å². The van der Waals surface area contributed by atoms with Crippen LogP contribution in [-0.2, 0) is 17.8 Å². The summed E-state index contributed by atoms with van der Waals surface area (Å²) >= 11 is 1.31. The highest BCUT2D eigenvalue weighted by atomic mass is 32.2.